The fraction of sp³-hybridized carbons (Fsp3) is 0.556. The van der Waals surface area contributed by atoms with E-state index in [1.165, 1.54) is 24.2 Å². The molecular formula is C36H47F3N4O5S. The molecule has 2 atom stereocenters. The van der Waals surface area contributed by atoms with Crippen LogP contribution in [0.25, 0.3) is 5.57 Å². The lowest BCUT2D eigenvalue weighted by Crippen LogP contribution is -2.58. The van der Waals surface area contributed by atoms with Crippen molar-refractivity contribution in [1.29, 1.82) is 0 Å². The summed E-state index contributed by atoms with van der Waals surface area (Å²) in [6.07, 6.45) is 0.393. The molecular weight excluding hydrogens is 657 g/mol. The molecule has 0 bridgehead atoms. The normalized spacial score (nSPS) is 21.1. The fourth-order valence-electron chi connectivity index (χ4n) is 6.91. The van der Waals surface area contributed by atoms with Crippen LogP contribution in [-0.2, 0) is 32.2 Å². The number of hydrogen-bond acceptors (Lipinski definition) is 6. The molecule has 9 nitrogen and oxygen atoms in total. The molecule has 1 N–H and O–H groups in total. The topological polar surface area (TPSA) is 99.3 Å². The molecule has 1 aliphatic carbocycles. The van der Waals surface area contributed by atoms with E-state index in [9.17, 15) is 31.2 Å². The number of fused-ring (bicyclic) bond motifs is 1. The Morgan fingerprint density at radius 2 is 1.71 bits per heavy atom. The van der Waals surface area contributed by atoms with Crippen molar-refractivity contribution in [1.82, 2.24) is 19.4 Å². The average Bonchev–Trinajstić information content (AvgIpc) is 3.04. The molecule has 268 valence electrons. The van der Waals surface area contributed by atoms with Crippen molar-refractivity contribution in [3.8, 4) is 0 Å². The second kappa shape index (κ2) is 14.8. The number of nitrogens with zero attached hydrogens (tertiary/aromatic N) is 3. The van der Waals surface area contributed by atoms with Crippen LogP contribution in [0.5, 0.6) is 0 Å². The minimum atomic E-state index is -4.74. The number of ether oxygens (including phenoxy) is 1. The maximum Gasteiger partial charge on any atom is 0.416 e. The van der Waals surface area contributed by atoms with Crippen LogP contribution < -0.4 is 5.32 Å². The van der Waals surface area contributed by atoms with E-state index in [-0.39, 0.29) is 32.1 Å². The van der Waals surface area contributed by atoms with Gasteiger partial charge in [-0.05, 0) is 106 Å². The molecule has 0 radical (unpaired) electrons. The largest absolute Gasteiger partial charge is 0.444 e. The summed E-state index contributed by atoms with van der Waals surface area (Å²) in [5.74, 6) is -0.420. The first-order valence-corrected chi connectivity index (χ1v) is 18.4. The fourth-order valence-corrected chi connectivity index (χ4v) is 8.57. The number of aryl methyl sites for hydroxylation is 1. The van der Waals surface area contributed by atoms with Crippen molar-refractivity contribution in [3.63, 3.8) is 0 Å². The Balaban J connectivity index is 1.33. The number of piperidine rings is 1. The van der Waals surface area contributed by atoms with E-state index in [1.54, 1.807) is 20.8 Å². The van der Waals surface area contributed by atoms with Crippen molar-refractivity contribution in [3.05, 3.63) is 71.3 Å². The van der Waals surface area contributed by atoms with Gasteiger partial charge in [-0.1, -0.05) is 37.3 Å². The van der Waals surface area contributed by atoms with Crippen molar-refractivity contribution in [2.45, 2.75) is 94.5 Å². The summed E-state index contributed by atoms with van der Waals surface area (Å²) in [6, 6.07) is 8.46. The molecule has 3 aliphatic rings. The van der Waals surface area contributed by atoms with Crippen LogP contribution in [0.4, 0.5) is 18.0 Å². The predicted molar refractivity (Wildman–Crippen MR) is 181 cm³/mol. The SMILES string of the molecule is C=C(CN1CCCCC1)c1ccc2c(c1)CCCC2NC(=O)CC1CN(C(=O)OC(C)(C)C)CCN1S(=O)(=O)c1cccc(C(F)(F)F)c1. The Labute approximate surface area is 287 Å². The third-order valence-electron chi connectivity index (χ3n) is 9.33. The molecule has 0 saturated carbocycles. The molecule has 2 saturated heterocycles. The number of nitrogens with one attached hydrogen (secondary N) is 1. The van der Waals surface area contributed by atoms with Gasteiger partial charge in [0.1, 0.15) is 5.60 Å². The smallest absolute Gasteiger partial charge is 0.416 e. The number of carbonyl (C=O) groups is 2. The first-order valence-electron chi connectivity index (χ1n) is 17.0. The number of hydrogen-bond donors (Lipinski definition) is 1. The van der Waals surface area contributed by atoms with Crippen LogP contribution in [0, 0.1) is 0 Å². The third kappa shape index (κ3) is 9.23. The summed E-state index contributed by atoms with van der Waals surface area (Å²) < 4.78 is 74.6. The highest BCUT2D eigenvalue weighted by Gasteiger charge is 2.41. The number of halogens is 3. The first kappa shape index (κ1) is 36.9. The zero-order chi connectivity index (χ0) is 35.6. The van der Waals surface area contributed by atoms with Gasteiger partial charge in [0, 0.05) is 32.6 Å². The lowest BCUT2D eigenvalue weighted by Gasteiger charge is -2.40. The molecule has 2 aromatic rings. The second-order valence-electron chi connectivity index (χ2n) is 14.3. The van der Waals surface area contributed by atoms with E-state index in [0.29, 0.717) is 12.5 Å². The molecule has 13 heteroatoms. The number of benzene rings is 2. The van der Waals surface area contributed by atoms with E-state index < -0.39 is 50.3 Å². The van der Waals surface area contributed by atoms with Crippen molar-refractivity contribution in [2.75, 3.05) is 39.3 Å². The zero-order valence-electron chi connectivity index (χ0n) is 28.5. The van der Waals surface area contributed by atoms with Gasteiger partial charge < -0.3 is 15.0 Å². The molecule has 2 fully saturated rings. The van der Waals surface area contributed by atoms with Crippen LogP contribution in [0.1, 0.15) is 87.6 Å². The van der Waals surface area contributed by atoms with Gasteiger partial charge in [0.25, 0.3) is 0 Å². The summed E-state index contributed by atoms with van der Waals surface area (Å²) in [5.41, 5.74) is 2.38. The van der Waals surface area contributed by atoms with Gasteiger partial charge in [0.2, 0.25) is 15.9 Å². The first-order chi connectivity index (χ1) is 23.0. The third-order valence-corrected chi connectivity index (χ3v) is 11.3. The van der Waals surface area contributed by atoms with Crippen LogP contribution in [-0.4, -0.2) is 85.4 Å². The van der Waals surface area contributed by atoms with Crippen LogP contribution in [0.15, 0.2) is 53.9 Å². The number of rotatable bonds is 8. The van der Waals surface area contributed by atoms with Crippen LogP contribution in [0.3, 0.4) is 0 Å². The number of sulfonamides is 1. The lowest BCUT2D eigenvalue weighted by atomic mass is 9.85. The van der Waals surface area contributed by atoms with Gasteiger partial charge in [-0.15, -0.1) is 0 Å². The molecule has 49 heavy (non-hydrogen) atoms. The molecule has 0 spiro atoms. The maximum atomic E-state index is 13.8. The van der Waals surface area contributed by atoms with Gasteiger partial charge in [0.05, 0.1) is 22.5 Å². The Morgan fingerprint density at radius 1 is 0.980 bits per heavy atom. The highest BCUT2D eigenvalue weighted by molar-refractivity contribution is 7.89. The van der Waals surface area contributed by atoms with Gasteiger partial charge in [-0.25, -0.2) is 13.2 Å². The summed E-state index contributed by atoms with van der Waals surface area (Å²) in [5, 5.41) is 3.09. The molecule has 0 aromatic heterocycles. The molecule has 5 rings (SSSR count). The zero-order valence-corrected chi connectivity index (χ0v) is 29.3. The Kier molecular flexibility index (Phi) is 11.1. The Bertz CT molecular complexity index is 1650. The Morgan fingerprint density at radius 3 is 2.41 bits per heavy atom. The predicted octanol–water partition coefficient (Wildman–Crippen LogP) is 6.40. The second-order valence-corrected chi connectivity index (χ2v) is 16.2. The molecule has 2 aliphatic heterocycles. The van der Waals surface area contributed by atoms with Crippen LogP contribution >= 0.6 is 0 Å². The van der Waals surface area contributed by atoms with Gasteiger partial charge in [-0.3, -0.25) is 9.69 Å². The highest BCUT2D eigenvalue weighted by atomic mass is 32.2. The number of amides is 2. The van der Waals surface area contributed by atoms with E-state index >= 15 is 0 Å². The van der Waals surface area contributed by atoms with E-state index in [1.807, 2.05) is 12.1 Å². The molecule has 2 amide bonds. The summed E-state index contributed by atoms with van der Waals surface area (Å²) in [7, 11) is -4.47. The monoisotopic (exact) mass is 704 g/mol. The van der Waals surface area contributed by atoms with Crippen molar-refractivity contribution in [2.24, 2.45) is 0 Å². The summed E-state index contributed by atoms with van der Waals surface area (Å²) in [6.45, 7) is 12.0. The van der Waals surface area contributed by atoms with Crippen molar-refractivity contribution < 1.29 is 35.9 Å². The number of likely N-dealkylation sites (tertiary alicyclic amines) is 1. The maximum absolute atomic E-state index is 13.8. The molecule has 2 aromatic carbocycles. The lowest BCUT2D eigenvalue weighted by molar-refractivity contribution is -0.137. The van der Waals surface area contributed by atoms with E-state index in [0.717, 1.165) is 77.2 Å². The van der Waals surface area contributed by atoms with Gasteiger partial charge >= 0.3 is 12.3 Å². The van der Waals surface area contributed by atoms with Crippen LogP contribution in [0.2, 0.25) is 0 Å². The Hall–Kier alpha value is -3.42. The summed E-state index contributed by atoms with van der Waals surface area (Å²) >= 11 is 0. The minimum Gasteiger partial charge on any atom is -0.444 e. The van der Waals surface area contributed by atoms with E-state index in [2.05, 4.69) is 22.9 Å². The highest BCUT2D eigenvalue weighted by Crippen LogP contribution is 2.34. The molecule has 2 unspecified atom stereocenters. The standard InChI is InChI=1S/C36H47F3N4O5S/c1-25(23-41-16-6-5-7-17-41)26-14-15-31-27(20-26)10-8-13-32(31)40-33(44)22-29-24-42(34(45)48-35(2,3)4)18-19-43(29)49(46,47)30-12-9-11-28(21-30)36(37,38)39/h9,11-12,14-15,20-21,29,32H,1,5-8,10,13,16-19,22-24H2,2-4H3,(H,40,44). The van der Waals surface area contributed by atoms with Gasteiger partial charge in [0.15, 0.2) is 0 Å². The average molecular weight is 705 g/mol. The minimum absolute atomic E-state index is 0.0490. The number of alkyl halides is 3. The summed E-state index contributed by atoms with van der Waals surface area (Å²) in [4.78, 5) is 29.9. The van der Waals surface area contributed by atoms with Crippen molar-refractivity contribution >= 4 is 27.6 Å². The quantitative estimate of drug-likeness (QED) is 0.342. The number of carbonyl (C=O) groups excluding carboxylic acids is 2. The van der Waals surface area contributed by atoms with Gasteiger partial charge in [-0.2, -0.15) is 17.5 Å². The number of piperazine rings is 1. The molecule has 2 heterocycles. The van der Waals surface area contributed by atoms with E-state index in [4.69, 9.17) is 4.74 Å².